The van der Waals surface area contributed by atoms with Crippen LogP contribution in [0.5, 0.6) is 0 Å². The number of nitrogens with zero attached hydrogens (tertiary/aromatic N) is 3. The number of aromatic nitrogens is 3. The van der Waals surface area contributed by atoms with Crippen LogP contribution in [0.1, 0.15) is 25.2 Å². The third-order valence-electron chi connectivity index (χ3n) is 3.62. The minimum absolute atomic E-state index is 0.244. The van der Waals surface area contributed by atoms with Crippen LogP contribution in [0.25, 0.3) is 11.4 Å². The van der Waals surface area contributed by atoms with Crippen LogP contribution in [0.15, 0.2) is 67.0 Å². The molecule has 0 amide bonds. The molecule has 0 atom stereocenters. The summed E-state index contributed by atoms with van der Waals surface area (Å²) in [6.07, 6.45) is 3.60. The Morgan fingerprint density at radius 1 is 0.667 bits per heavy atom. The highest BCUT2D eigenvalue weighted by atomic mass is 14.8. The Labute approximate surface area is 124 Å². The minimum Gasteiger partial charge on any atom is -0.260 e. The van der Waals surface area contributed by atoms with Gasteiger partial charge < -0.3 is 0 Å². The largest absolute Gasteiger partial charge is 0.260 e. The molecular formula is C18H17N3. The fraction of sp³-hybridized carbons (Fsp3) is 0.167. The summed E-state index contributed by atoms with van der Waals surface area (Å²) in [7, 11) is 0. The predicted octanol–water partition coefficient (Wildman–Crippen LogP) is 3.86. The SMILES string of the molecule is CC(C)(c1ccccn1)c1cccc(-c2ccccn2)n1. The summed E-state index contributed by atoms with van der Waals surface area (Å²) < 4.78 is 0. The zero-order chi connectivity index (χ0) is 14.7. The molecule has 0 aliphatic rings. The molecule has 0 fully saturated rings. The molecule has 3 heterocycles. The van der Waals surface area contributed by atoms with E-state index in [1.807, 2.05) is 60.8 Å². The first-order chi connectivity index (χ1) is 10.2. The van der Waals surface area contributed by atoms with E-state index in [0.29, 0.717) is 0 Å². The maximum atomic E-state index is 4.79. The Morgan fingerprint density at radius 3 is 2.00 bits per heavy atom. The first-order valence-electron chi connectivity index (χ1n) is 6.98. The fourth-order valence-corrected chi connectivity index (χ4v) is 2.30. The number of hydrogen-bond donors (Lipinski definition) is 0. The Balaban J connectivity index is 2.04. The molecule has 3 heteroatoms. The molecule has 0 spiro atoms. The highest BCUT2D eigenvalue weighted by Gasteiger charge is 2.26. The van der Waals surface area contributed by atoms with Crippen molar-refractivity contribution >= 4 is 0 Å². The lowest BCUT2D eigenvalue weighted by Gasteiger charge is -2.23. The first-order valence-corrected chi connectivity index (χ1v) is 6.98. The molecule has 0 saturated heterocycles. The second kappa shape index (κ2) is 5.44. The lowest BCUT2D eigenvalue weighted by molar-refractivity contribution is 0.596. The van der Waals surface area contributed by atoms with Crippen LogP contribution in [0.3, 0.4) is 0 Å². The van der Waals surface area contributed by atoms with Crippen molar-refractivity contribution in [1.82, 2.24) is 15.0 Å². The van der Waals surface area contributed by atoms with Gasteiger partial charge in [-0.3, -0.25) is 15.0 Å². The van der Waals surface area contributed by atoms with Gasteiger partial charge in [-0.05, 0) is 50.2 Å². The molecule has 104 valence electrons. The Bertz CT molecular complexity index is 722. The van der Waals surface area contributed by atoms with Crippen molar-refractivity contribution in [3.8, 4) is 11.4 Å². The average molecular weight is 275 g/mol. The van der Waals surface area contributed by atoms with Gasteiger partial charge in [0, 0.05) is 17.8 Å². The van der Waals surface area contributed by atoms with E-state index < -0.39 is 0 Å². The summed E-state index contributed by atoms with van der Waals surface area (Å²) in [6, 6.07) is 17.9. The molecule has 0 bridgehead atoms. The van der Waals surface area contributed by atoms with E-state index in [2.05, 4.69) is 23.8 Å². The molecule has 0 aliphatic heterocycles. The lowest BCUT2D eigenvalue weighted by atomic mass is 9.84. The van der Waals surface area contributed by atoms with Gasteiger partial charge in [-0.1, -0.05) is 18.2 Å². The van der Waals surface area contributed by atoms with E-state index in [9.17, 15) is 0 Å². The van der Waals surface area contributed by atoms with Crippen LogP contribution in [0.4, 0.5) is 0 Å². The smallest absolute Gasteiger partial charge is 0.0889 e. The fourth-order valence-electron chi connectivity index (χ4n) is 2.30. The van der Waals surface area contributed by atoms with Crippen molar-refractivity contribution < 1.29 is 0 Å². The van der Waals surface area contributed by atoms with Gasteiger partial charge in [-0.2, -0.15) is 0 Å². The molecule has 3 aromatic rings. The van der Waals surface area contributed by atoms with E-state index in [-0.39, 0.29) is 5.41 Å². The van der Waals surface area contributed by atoms with Crippen LogP contribution in [0, 0.1) is 0 Å². The molecular weight excluding hydrogens is 258 g/mol. The van der Waals surface area contributed by atoms with E-state index >= 15 is 0 Å². The minimum atomic E-state index is -0.244. The van der Waals surface area contributed by atoms with Crippen molar-refractivity contribution in [3.05, 3.63) is 78.4 Å². The molecule has 21 heavy (non-hydrogen) atoms. The Hall–Kier alpha value is -2.55. The van der Waals surface area contributed by atoms with Crippen molar-refractivity contribution in [1.29, 1.82) is 0 Å². The van der Waals surface area contributed by atoms with Gasteiger partial charge in [0.25, 0.3) is 0 Å². The van der Waals surface area contributed by atoms with Crippen molar-refractivity contribution in [3.63, 3.8) is 0 Å². The van der Waals surface area contributed by atoms with Gasteiger partial charge in [0.1, 0.15) is 0 Å². The molecule has 3 rings (SSSR count). The van der Waals surface area contributed by atoms with Crippen molar-refractivity contribution in [2.75, 3.05) is 0 Å². The topological polar surface area (TPSA) is 38.7 Å². The van der Waals surface area contributed by atoms with Gasteiger partial charge in [-0.15, -0.1) is 0 Å². The number of hydrogen-bond acceptors (Lipinski definition) is 3. The van der Waals surface area contributed by atoms with Gasteiger partial charge in [-0.25, -0.2) is 0 Å². The molecule has 0 saturated carbocycles. The van der Waals surface area contributed by atoms with Crippen molar-refractivity contribution in [2.24, 2.45) is 0 Å². The van der Waals surface area contributed by atoms with E-state index in [4.69, 9.17) is 4.98 Å². The standard InChI is InChI=1S/C18H17N3/c1-18(2,16-10-4-6-13-20-16)17-11-7-9-15(21-17)14-8-3-5-12-19-14/h3-13H,1-2H3. The van der Waals surface area contributed by atoms with E-state index in [1.54, 1.807) is 6.20 Å². The molecule has 0 unspecified atom stereocenters. The van der Waals surface area contributed by atoms with Crippen LogP contribution in [-0.4, -0.2) is 15.0 Å². The lowest BCUT2D eigenvalue weighted by Crippen LogP contribution is -2.22. The van der Waals surface area contributed by atoms with Crippen molar-refractivity contribution in [2.45, 2.75) is 19.3 Å². The highest BCUT2D eigenvalue weighted by Crippen LogP contribution is 2.29. The monoisotopic (exact) mass is 275 g/mol. The van der Waals surface area contributed by atoms with Crippen LogP contribution < -0.4 is 0 Å². The summed E-state index contributed by atoms with van der Waals surface area (Å²) in [5, 5.41) is 0. The van der Waals surface area contributed by atoms with E-state index in [0.717, 1.165) is 22.8 Å². The second-order valence-electron chi connectivity index (χ2n) is 5.46. The van der Waals surface area contributed by atoms with Crippen LogP contribution >= 0.6 is 0 Å². The molecule has 3 nitrogen and oxygen atoms in total. The summed E-state index contributed by atoms with van der Waals surface area (Å²) in [5.41, 5.74) is 3.53. The Kier molecular flexibility index (Phi) is 3.48. The van der Waals surface area contributed by atoms with Gasteiger partial charge >= 0.3 is 0 Å². The number of pyridine rings is 3. The molecule has 0 N–H and O–H groups in total. The van der Waals surface area contributed by atoms with Gasteiger partial charge in [0.2, 0.25) is 0 Å². The van der Waals surface area contributed by atoms with Gasteiger partial charge in [0.15, 0.2) is 0 Å². The second-order valence-corrected chi connectivity index (χ2v) is 5.46. The van der Waals surface area contributed by atoms with E-state index in [1.165, 1.54) is 0 Å². The molecule has 0 radical (unpaired) electrons. The predicted molar refractivity (Wildman–Crippen MR) is 83.8 cm³/mol. The maximum absolute atomic E-state index is 4.79. The highest BCUT2D eigenvalue weighted by molar-refractivity contribution is 5.54. The third kappa shape index (κ3) is 2.68. The van der Waals surface area contributed by atoms with Crippen LogP contribution in [-0.2, 0) is 5.41 Å². The molecule has 3 aromatic heterocycles. The summed E-state index contributed by atoms with van der Waals surface area (Å²) in [6.45, 7) is 4.28. The summed E-state index contributed by atoms with van der Waals surface area (Å²) in [5.74, 6) is 0. The van der Waals surface area contributed by atoms with Crippen LogP contribution in [0.2, 0.25) is 0 Å². The first kappa shape index (κ1) is 13.4. The average Bonchev–Trinajstić information content (AvgIpc) is 2.57. The van der Waals surface area contributed by atoms with Gasteiger partial charge in [0.05, 0.1) is 22.8 Å². The zero-order valence-corrected chi connectivity index (χ0v) is 12.2. The number of rotatable bonds is 3. The zero-order valence-electron chi connectivity index (χ0n) is 12.2. The molecule has 0 aliphatic carbocycles. The normalized spacial score (nSPS) is 11.3. The third-order valence-corrected chi connectivity index (χ3v) is 3.62. The summed E-state index contributed by atoms with van der Waals surface area (Å²) in [4.78, 5) is 13.6. The quantitative estimate of drug-likeness (QED) is 0.728. The molecule has 0 aromatic carbocycles. The maximum Gasteiger partial charge on any atom is 0.0889 e. The summed E-state index contributed by atoms with van der Waals surface area (Å²) >= 11 is 0. The Morgan fingerprint density at radius 2 is 1.33 bits per heavy atom.